The lowest BCUT2D eigenvalue weighted by Crippen LogP contribution is -2.46. The van der Waals surface area contributed by atoms with E-state index in [1.807, 2.05) is 29.2 Å². The van der Waals surface area contributed by atoms with Gasteiger partial charge in [0.05, 0.1) is 24.7 Å². The van der Waals surface area contributed by atoms with E-state index in [-0.39, 0.29) is 29.4 Å². The smallest absolute Gasteiger partial charge is 0.226 e. The van der Waals surface area contributed by atoms with Crippen molar-refractivity contribution in [1.82, 2.24) is 4.90 Å². The molecule has 3 rings (SSSR count). The number of piperidine rings is 1. The summed E-state index contributed by atoms with van der Waals surface area (Å²) in [6.07, 6.45) is 2.89. The van der Waals surface area contributed by atoms with Crippen LogP contribution in [0.4, 0.5) is 0 Å². The summed E-state index contributed by atoms with van der Waals surface area (Å²) in [6.45, 7) is 2.90. The molecular formula is C19H27NO4S. The van der Waals surface area contributed by atoms with Crippen LogP contribution in [0.25, 0.3) is 0 Å². The van der Waals surface area contributed by atoms with Crippen LogP contribution >= 0.6 is 0 Å². The van der Waals surface area contributed by atoms with E-state index >= 15 is 0 Å². The Kier molecular flexibility index (Phi) is 5.37. The molecule has 2 heterocycles. The zero-order chi connectivity index (χ0) is 18.0. The molecule has 2 aliphatic heterocycles. The van der Waals surface area contributed by atoms with Crippen molar-refractivity contribution in [3.05, 3.63) is 29.8 Å². The van der Waals surface area contributed by atoms with Gasteiger partial charge in [0, 0.05) is 18.0 Å². The van der Waals surface area contributed by atoms with E-state index < -0.39 is 9.84 Å². The highest BCUT2D eigenvalue weighted by atomic mass is 32.2. The van der Waals surface area contributed by atoms with Crippen molar-refractivity contribution in [2.75, 3.05) is 25.2 Å². The molecule has 5 nitrogen and oxygen atoms in total. The summed E-state index contributed by atoms with van der Waals surface area (Å²) in [6, 6.07) is 7.89. The number of hydrogen-bond acceptors (Lipinski definition) is 4. The molecule has 1 aromatic carbocycles. The summed E-state index contributed by atoms with van der Waals surface area (Å²) in [4.78, 5) is 15.2. The first-order chi connectivity index (χ1) is 11.9. The molecule has 6 heteroatoms. The Morgan fingerprint density at radius 3 is 2.48 bits per heavy atom. The van der Waals surface area contributed by atoms with Crippen molar-refractivity contribution in [3.63, 3.8) is 0 Å². The molecule has 25 heavy (non-hydrogen) atoms. The molecule has 2 saturated heterocycles. The van der Waals surface area contributed by atoms with Crippen LogP contribution in [-0.2, 0) is 14.6 Å². The summed E-state index contributed by atoms with van der Waals surface area (Å²) < 4.78 is 28.9. The average Bonchev–Trinajstić information content (AvgIpc) is 2.61. The van der Waals surface area contributed by atoms with E-state index in [0.29, 0.717) is 18.8 Å². The number of hydrogen-bond donors (Lipinski definition) is 0. The Balaban J connectivity index is 1.84. The standard InChI is InChI=1S/C19H27NO4S/c1-14-7-8-17(16-5-3-4-6-18(16)24-2)20(13-14)19(21)15-9-11-25(22,23)12-10-15/h3-6,14-15,17H,7-13H2,1-2H3. The van der Waals surface area contributed by atoms with Crippen LogP contribution in [0.15, 0.2) is 24.3 Å². The molecule has 138 valence electrons. The summed E-state index contributed by atoms with van der Waals surface area (Å²) in [7, 11) is -1.30. The molecule has 0 radical (unpaired) electrons. The number of likely N-dealkylation sites (tertiary alicyclic amines) is 1. The Labute approximate surface area is 150 Å². The normalized spacial score (nSPS) is 27.0. The summed E-state index contributed by atoms with van der Waals surface area (Å²) >= 11 is 0. The fraction of sp³-hybridized carbons (Fsp3) is 0.632. The van der Waals surface area contributed by atoms with Gasteiger partial charge in [-0.1, -0.05) is 25.1 Å². The topological polar surface area (TPSA) is 63.7 Å². The molecule has 0 bridgehead atoms. The van der Waals surface area contributed by atoms with Crippen molar-refractivity contribution in [1.29, 1.82) is 0 Å². The fourth-order valence-electron chi connectivity index (χ4n) is 4.03. The predicted octanol–water partition coefficient (Wildman–Crippen LogP) is 2.82. The highest BCUT2D eigenvalue weighted by Gasteiger charge is 2.37. The van der Waals surface area contributed by atoms with E-state index in [4.69, 9.17) is 4.74 Å². The van der Waals surface area contributed by atoms with Crippen molar-refractivity contribution in [3.8, 4) is 5.75 Å². The van der Waals surface area contributed by atoms with Crippen LogP contribution in [0.1, 0.15) is 44.2 Å². The minimum atomic E-state index is -2.96. The van der Waals surface area contributed by atoms with Crippen molar-refractivity contribution < 1.29 is 17.9 Å². The molecule has 2 atom stereocenters. The Bertz CT molecular complexity index is 717. The maximum absolute atomic E-state index is 13.2. The summed E-state index contributed by atoms with van der Waals surface area (Å²) in [5, 5.41) is 0. The molecule has 1 amide bonds. The van der Waals surface area contributed by atoms with E-state index in [1.54, 1.807) is 7.11 Å². The molecule has 0 saturated carbocycles. The van der Waals surface area contributed by atoms with Crippen molar-refractivity contribution in [2.45, 2.75) is 38.6 Å². The third-order valence-electron chi connectivity index (χ3n) is 5.50. The molecule has 2 aliphatic rings. The molecule has 0 N–H and O–H groups in total. The number of ether oxygens (including phenoxy) is 1. The van der Waals surface area contributed by atoms with Gasteiger partial charge in [-0.25, -0.2) is 8.42 Å². The summed E-state index contributed by atoms with van der Waals surface area (Å²) in [5.41, 5.74) is 1.05. The Hall–Kier alpha value is -1.56. The van der Waals surface area contributed by atoms with E-state index in [0.717, 1.165) is 30.7 Å². The lowest BCUT2D eigenvalue weighted by molar-refractivity contribution is -0.141. The number of sulfone groups is 1. The second kappa shape index (κ2) is 7.36. The third kappa shape index (κ3) is 4.00. The van der Waals surface area contributed by atoms with Gasteiger partial charge >= 0.3 is 0 Å². The number of nitrogens with zero attached hydrogens (tertiary/aromatic N) is 1. The van der Waals surface area contributed by atoms with E-state index in [9.17, 15) is 13.2 Å². The average molecular weight is 365 g/mol. The van der Waals surface area contributed by atoms with Crippen molar-refractivity contribution >= 4 is 15.7 Å². The number of amides is 1. The number of benzene rings is 1. The van der Waals surface area contributed by atoms with Crippen LogP contribution in [-0.4, -0.2) is 44.4 Å². The second-order valence-corrected chi connectivity index (χ2v) is 9.66. The minimum Gasteiger partial charge on any atom is -0.496 e. The van der Waals surface area contributed by atoms with Crippen LogP contribution in [0.5, 0.6) is 5.75 Å². The largest absolute Gasteiger partial charge is 0.496 e. The van der Waals surface area contributed by atoms with Gasteiger partial charge in [-0.05, 0) is 37.7 Å². The van der Waals surface area contributed by atoms with Gasteiger partial charge in [-0.2, -0.15) is 0 Å². The first-order valence-electron chi connectivity index (χ1n) is 9.05. The first kappa shape index (κ1) is 18.2. The highest BCUT2D eigenvalue weighted by molar-refractivity contribution is 7.91. The quantitative estimate of drug-likeness (QED) is 0.826. The molecule has 0 aromatic heterocycles. The number of carbonyl (C=O) groups is 1. The highest BCUT2D eigenvalue weighted by Crippen LogP contribution is 2.39. The zero-order valence-electron chi connectivity index (χ0n) is 15.0. The van der Waals surface area contributed by atoms with Crippen molar-refractivity contribution in [2.24, 2.45) is 11.8 Å². The van der Waals surface area contributed by atoms with Gasteiger partial charge < -0.3 is 9.64 Å². The Morgan fingerprint density at radius 2 is 1.80 bits per heavy atom. The summed E-state index contributed by atoms with van der Waals surface area (Å²) in [5.74, 6) is 1.47. The van der Waals surface area contributed by atoms with Gasteiger partial charge in [-0.3, -0.25) is 4.79 Å². The van der Waals surface area contributed by atoms with Gasteiger partial charge in [0.2, 0.25) is 5.91 Å². The maximum Gasteiger partial charge on any atom is 0.226 e. The molecule has 0 aliphatic carbocycles. The second-order valence-electron chi connectivity index (χ2n) is 7.36. The van der Waals surface area contributed by atoms with Gasteiger partial charge in [0.25, 0.3) is 0 Å². The van der Waals surface area contributed by atoms with Gasteiger partial charge in [0.15, 0.2) is 0 Å². The lowest BCUT2D eigenvalue weighted by atomic mass is 9.87. The molecule has 0 spiro atoms. The Morgan fingerprint density at radius 1 is 1.12 bits per heavy atom. The predicted molar refractivity (Wildman–Crippen MR) is 97.2 cm³/mol. The minimum absolute atomic E-state index is 0.0124. The monoisotopic (exact) mass is 365 g/mol. The first-order valence-corrected chi connectivity index (χ1v) is 10.9. The third-order valence-corrected chi connectivity index (χ3v) is 7.22. The molecule has 1 aromatic rings. The van der Waals surface area contributed by atoms with Crippen LogP contribution in [0.2, 0.25) is 0 Å². The van der Waals surface area contributed by atoms with Gasteiger partial charge in [-0.15, -0.1) is 0 Å². The molecule has 2 unspecified atom stereocenters. The number of carbonyl (C=O) groups excluding carboxylic acids is 1. The fourth-order valence-corrected chi connectivity index (χ4v) is 5.52. The number of methoxy groups -OCH3 is 1. The number of rotatable bonds is 3. The van der Waals surface area contributed by atoms with E-state index in [2.05, 4.69) is 6.92 Å². The van der Waals surface area contributed by atoms with Crippen LogP contribution < -0.4 is 4.74 Å². The van der Waals surface area contributed by atoms with Crippen LogP contribution in [0.3, 0.4) is 0 Å². The van der Waals surface area contributed by atoms with E-state index in [1.165, 1.54) is 0 Å². The van der Waals surface area contributed by atoms with Crippen LogP contribution in [0, 0.1) is 11.8 Å². The SMILES string of the molecule is COc1ccccc1C1CCC(C)CN1C(=O)C1CCS(=O)(=O)CC1. The lowest BCUT2D eigenvalue weighted by Gasteiger charge is -2.41. The zero-order valence-corrected chi connectivity index (χ0v) is 15.8. The molecular weight excluding hydrogens is 338 g/mol. The number of para-hydroxylation sites is 1. The maximum atomic E-state index is 13.2. The molecule has 2 fully saturated rings. The van der Waals surface area contributed by atoms with Gasteiger partial charge in [0.1, 0.15) is 15.6 Å².